The van der Waals surface area contributed by atoms with Gasteiger partial charge in [0, 0.05) is 13.1 Å². The van der Waals surface area contributed by atoms with E-state index in [2.05, 4.69) is 33.8 Å². The summed E-state index contributed by atoms with van der Waals surface area (Å²) in [5.74, 6) is 2.86. The molecular weight excluding hydrogens is 342 g/mol. The Bertz CT molecular complexity index is 766. The van der Waals surface area contributed by atoms with Crippen LogP contribution in [0, 0.1) is 13.8 Å². The van der Waals surface area contributed by atoms with Gasteiger partial charge in [-0.3, -0.25) is 0 Å². The highest BCUT2D eigenvalue weighted by Crippen LogP contribution is 2.23. The van der Waals surface area contributed by atoms with Crippen LogP contribution in [0.2, 0.25) is 0 Å². The predicted octanol–water partition coefficient (Wildman–Crippen LogP) is 2.91. The van der Waals surface area contributed by atoms with Gasteiger partial charge in [-0.15, -0.1) is 0 Å². The molecule has 6 nitrogen and oxygen atoms in total. The fraction of sp³-hybridized carbons (Fsp3) is 0.476. The molecule has 1 aromatic carbocycles. The molecule has 0 saturated carbocycles. The molecule has 2 aromatic rings. The zero-order valence-corrected chi connectivity index (χ0v) is 16.9. The minimum atomic E-state index is -1.15. The van der Waals surface area contributed by atoms with Crippen molar-refractivity contribution in [2.75, 3.05) is 26.7 Å². The Hall–Kier alpha value is -2.47. The van der Waals surface area contributed by atoms with Crippen molar-refractivity contribution in [2.45, 2.75) is 39.7 Å². The van der Waals surface area contributed by atoms with Crippen molar-refractivity contribution in [1.29, 1.82) is 0 Å². The van der Waals surface area contributed by atoms with E-state index in [0.29, 0.717) is 11.7 Å². The normalized spacial score (nSPS) is 13.9. The van der Waals surface area contributed by atoms with Gasteiger partial charge < -0.3 is 24.9 Å². The van der Waals surface area contributed by atoms with E-state index in [1.54, 1.807) is 20.1 Å². The smallest absolute Gasteiger partial charge is 0.191 e. The summed E-state index contributed by atoms with van der Waals surface area (Å²) in [4.78, 5) is 4.51. The molecule has 6 heteroatoms. The van der Waals surface area contributed by atoms with Gasteiger partial charge in [0.1, 0.15) is 22.9 Å². The first-order valence-electron chi connectivity index (χ1n) is 9.30. The number of benzene rings is 1. The van der Waals surface area contributed by atoms with Gasteiger partial charge in [-0.1, -0.05) is 12.1 Å². The molecule has 27 heavy (non-hydrogen) atoms. The molecule has 0 aliphatic carbocycles. The second-order valence-corrected chi connectivity index (χ2v) is 6.86. The third-order valence-electron chi connectivity index (χ3n) is 4.34. The molecule has 1 atom stereocenters. The van der Waals surface area contributed by atoms with Crippen LogP contribution in [0.1, 0.15) is 36.5 Å². The highest BCUT2D eigenvalue weighted by Gasteiger charge is 2.26. The molecular formula is C21H31N3O3. The quantitative estimate of drug-likeness (QED) is 0.490. The van der Waals surface area contributed by atoms with E-state index in [4.69, 9.17) is 9.15 Å². The summed E-state index contributed by atoms with van der Waals surface area (Å²) in [5.41, 5.74) is 1.17. The highest BCUT2D eigenvalue weighted by atomic mass is 16.5. The molecule has 1 unspecified atom stereocenters. The van der Waals surface area contributed by atoms with Gasteiger partial charge in [0.2, 0.25) is 0 Å². The summed E-state index contributed by atoms with van der Waals surface area (Å²) in [6.45, 7) is 9.27. The summed E-state index contributed by atoms with van der Waals surface area (Å²) in [6.07, 6.45) is 0.842. The minimum absolute atomic E-state index is 0.202. The van der Waals surface area contributed by atoms with Gasteiger partial charge in [-0.05, 0) is 63.4 Å². The highest BCUT2D eigenvalue weighted by molar-refractivity contribution is 5.79. The molecule has 0 amide bonds. The number of hydrogen-bond acceptors (Lipinski definition) is 4. The summed E-state index contributed by atoms with van der Waals surface area (Å²) < 4.78 is 10.9. The fourth-order valence-electron chi connectivity index (χ4n) is 2.72. The van der Waals surface area contributed by atoms with E-state index in [0.717, 1.165) is 36.6 Å². The third kappa shape index (κ3) is 6.03. The Kier molecular flexibility index (Phi) is 7.30. The second kappa shape index (κ2) is 9.46. The van der Waals surface area contributed by atoms with E-state index in [1.165, 1.54) is 5.56 Å². The van der Waals surface area contributed by atoms with Crippen molar-refractivity contribution in [3.8, 4) is 5.75 Å². The SMILES string of the molecule is CCNC(=NCC(C)(O)c1ccc(C)o1)NCCc1ccc(C)c(OC)c1. The zero-order chi connectivity index (χ0) is 19.9. The van der Waals surface area contributed by atoms with Crippen LogP contribution in [0.25, 0.3) is 0 Å². The summed E-state index contributed by atoms with van der Waals surface area (Å²) >= 11 is 0. The topological polar surface area (TPSA) is 79.0 Å². The molecule has 0 spiro atoms. The molecule has 3 N–H and O–H groups in total. The molecule has 0 fully saturated rings. The van der Waals surface area contributed by atoms with Crippen molar-refractivity contribution in [3.05, 3.63) is 53.0 Å². The molecule has 148 valence electrons. The number of aryl methyl sites for hydroxylation is 2. The Labute approximate surface area is 161 Å². The number of methoxy groups -OCH3 is 1. The molecule has 1 heterocycles. The number of nitrogens with zero attached hydrogens (tertiary/aromatic N) is 1. The van der Waals surface area contributed by atoms with E-state index in [-0.39, 0.29) is 6.54 Å². The van der Waals surface area contributed by atoms with E-state index < -0.39 is 5.60 Å². The first-order chi connectivity index (χ1) is 12.9. The van der Waals surface area contributed by atoms with E-state index in [1.807, 2.05) is 26.8 Å². The van der Waals surface area contributed by atoms with Gasteiger partial charge in [0.25, 0.3) is 0 Å². The van der Waals surface area contributed by atoms with Crippen molar-refractivity contribution < 1.29 is 14.3 Å². The standard InChI is InChI=1S/C21H31N3O3/c1-6-22-20(24-14-21(4,25)19-10-8-16(3)27-19)23-12-11-17-9-7-15(2)18(13-17)26-5/h7-10,13,25H,6,11-12,14H2,1-5H3,(H2,22,23,24). The first-order valence-corrected chi connectivity index (χ1v) is 9.30. The molecule has 0 aliphatic rings. The molecule has 2 rings (SSSR count). The van der Waals surface area contributed by atoms with Crippen LogP contribution < -0.4 is 15.4 Å². The Morgan fingerprint density at radius 3 is 2.63 bits per heavy atom. The number of hydrogen-bond donors (Lipinski definition) is 3. The molecule has 0 saturated heterocycles. The zero-order valence-electron chi connectivity index (χ0n) is 16.9. The van der Waals surface area contributed by atoms with Crippen LogP contribution in [0.4, 0.5) is 0 Å². The molecule has 0 radical (unpaired) electrons. The molecule has 0 aliphatic heterocycles. The fourth-order valence-corrected chi connectivity index (χ4v) is 2.72. The van der Waals surface area contributed by atoms with Gasteiger partial charge in [0.15, 0.2) is 5.96 Å². The average Bonchev–Trinajstić information content (AvgIpc) is 3.08. The van der Waals surface area contributed by atoms with Gasteiger partial charge in [0.05, 0.1) is 13.7 Å². The summed E-state index contributed by atoms with van der Waals surface area (Å²) in [5, 5.41) is 17.1. The van der Waals surface area contributed by atoms with Gasteiger partial charge >= 0.3 is 0 Å². The van der Waals surface area contributed by atoms with Crippen LogP contribution >= 0.6 is 0 Å². The molecule has 0 bridgehead atoms. The van der Waals surface area contributed by atoms with Crippen molar-refractivity contribution in [1.82, 2.24) is 10.6 Å². The predicted molar refractivity (Wildman–Crippen MR) is 108 cm³/mol. The molecule has 1 aromatic heterocycles. The maximum atomic E-state index is 10.6. The Morgan fingerprint density at radius 2 is 2.00 bits per heavy atom. The lowest BCUT2D eigenvalue weighted by Gasteiger charge is -2.19. The number of furan rings is 1. The lowest BCUT2D eigenvalue weighted by molar-refractivity contribution is 0.0428. The third-order valence-corrected chi connectivity index (χ3v) is 4.34. The minimum Gasteiger partial charge on any atom is -0.496 e. The first kappa shape index (κ1) is 20.8. The van der Waals surface area contributed by atoms with E-state index >= 15 is 0 Å². The van der Waals surface area contributed by atoms with Crippen LogP contribution in [0.5, 0.6) is 5.75 Å². The maximum Gasteiger partial charge on any atom is 0.191 e. The van der Waals surface area contributed by atoms with Crippen LogP contribution in [-0.4, -0.2) is 37.8 Å². The van der Waals surface area contributed by atoms with E-state index in [9.17, 15) is 5.11 Å². The van der Waals surface area contributed by atoms with Crippen LogP contribution in [0.3, 0.4) is 0 Å². The lowest BCUT2D eigenvalue weighted by atomic mass is 10.0. The van der Waals surface area contributed by atoms with Gasteiger partial charge in [-0.2, -0.15) is 0 Å². The largest absolute Gasteiger partial charge is 0.496 e. The number of aliphatic imine (C=N–C) groups is 1. The summed E-state index contributed by atoms with van der Waals surface area (Å²) in [6, 6.07) is 9.86. The van der Waals surface area contributed by atoms with Gasteiger partial charge in [-0.25, -0.2) is 4.99 Å². The van der Waals surface area contributed by atoms with Crippen LogP contribution in [-0.2, 0) is 12.0 Å². The number of aliphatic hydroxyl groups is 1. The lowest BCUT2D eigenvalue weighted by Crippen LogP contribution is -2.39. The average molecular weight is 373 g/mol. The van der Waals surface area contributed by atoms with Crippen molar-refractivity contribution in [3.63, 3.8) is 0 Å². The number of ether oxygens (including phenoxy) is 1. The monoisotopic (exact) mass is 373 g/mol. The van der Waals surface area contributed by atoms with Crippen molar-refractivity contribution >= 4 is 5.96 Å². The summed E-state index contributed by atoms with van der Waals surface area (Å²) in [7, 11) is 1.69. The second-order valence-electron chi connectivity index (χ2n) is 6.86. The van der Waals surface area contributed by atoms with Crippen LogP contribution in [0.15, 0.2) is 39.7 Å². The Morgan fingerprint density at radius 1 is 1.22 bits per heavy atom. The number of nitrogens with one attached hydrogen (secondary N) is 2. The number of guanidine groups is 1. The number of rotatable bonds is 8. The maximum absolute atomic E-state index is 10.6. The Balaban J connectivity index is 1.95. The van der Waals surface area contributed by atoms with Crippen molar-refractivity contribution in [2.24, 2.45) is 4.99 Å².